The summed E-state index contributed by atoms with van der Waals surface area (Å²) < 4.78 is 0. The molecule has 0 saturated carbocycles. The van der Waals surface area contributed by atoms with Crippen molar-refractivity contribution in [1.82, 2.24) is 20.2 Å². The average molecular weight is 185 g/mol. The molecule has 0 fully saturated rings. The third-order valence-corrected chi connectivity index (χ3v) is 1.22. The summed E-state index contributed by atoms with van der Waals surface area (Å²) in [7, 11) is 0. The van der Waals surface area contributed by atoms with Crippen LogP contribution in [0.3, 0.4) is 0 Å². The van der Waals surface area contributed by atoms with E-state index in [9.17, 15) is 10.1 Å². The first-order valence-electron chi connectivity index (χ1n) is 3.81. The molecule has 0 bridgehead atoms. The van der Waals surface area contributed by atoms with E-state index < -0.39 is 10.9 Å². The van der Waals surface area contributed by atoms with E-state index in [0.29, 0.717) is 6.54 Å². The minimum Gasteiger partial charge on any atom is -0.390 e. The van der Waals surface area contributed by atoms with Crippen molar-refractivity contribution in [3.63, 3.8) is 0 Å². The van der Waals surface area contributed by atoms with Crippen LogP contribution in [0.1, 0.15) is 20.8 Å². The number of rotatable bonds is 2. The minimum atomic E-state index is -0.661. The van der Waals surface area contributed by atoms with Crippen LogP contribution in [0.15, 0.2) is 0 Å². The molecule has 0 saturated heterocycles. The Morgan fingerprint density at radius 2 is 2.15 bits per heavy atom. The smallest absolute Gasteiger partial charge is 0.390 e. The van der Waals surface area contributed by atoms with Gasteiger partial charge < -0.3 is 10.1 Å². The standard InChI is InChI=1S/C6H11N5O2/c1-6(2,3)4-10-8-5(7-9-10)11(12)13/h4H2,1-3H3. The lowest BCUT2D eigenvalue weighted by Gasteiger charge is -2.13. The third-order valence-electron chi connectivity index (χ3n) is 1.22. The van der Waals surface area contributed by atoms with E-state index in [-0.39, 0.29) is 5.41 Å². The summed E-state index contributed by atoms with van der Waals surface area (Å²) in [5.41, 5.74) is -0.0193. The number of tetrazole rings is 1. The van der Waals surface area contributed by atoms with Crippen LogP contribution in [0.5, 0.6) is 0 Å². The molecule has 0 unspecified atom stereocenters. The van der Waals surface area contributed by atoms with Gasteiger partial charge in [0, 0.05) is 5.21 Å². The van der Waals surface area contributed by atoms with Crippen molar-refractivity contribution in [2.45, 2.75) is 27.3 Å². The van der Waals surface area contributed by atoms with E-state index >= 15 is 0 Å². The summed E-state index contributed by atoms with van der Waals surface area (Å²) >= 11 is 0. The summed E-state index contributed by atoms with van der Waals surface area (Å²) in [5, 5.41) is 20.6. The second-order valence-electron chi connectivity index (χ2n) is 3.94. The van der Waals surface area contributed by atoms with Crippen LogP contribution in [-0.2, 0) is 6.54 Å². The van der Waals surface area contributed by atoms with Crippen molar-refractivity contribution in [1.29, 1.82) is 0 Å². The Kier molecular flexibility index (Phi) is 2.26. The lowest BCUT2D eigenvalue weighted by molar-refractivity contribution is -0.394. The van der Waals surface area contributed by atoms with E-state index in [0.717, 1.165) is 0 Å². The zero-order valence-electron chi connectivity index (χ0n) is 7.76. The molecule has 0 aliphatic rings. The highest BCUT2D eigenvalue weighted by Gasteiger charge is 2.19. The molecule has 7 heteroatoms. The van der Waals surface area contributed by atoms with E-state index in [1.54, 1.807) is 0 Å². The molecule has 1 heterocycles. The van der Waals surface area contributed by atoms with Crippen LogP contribution in [0, 0.1) is 15.5 Å². The van der Waals surface area contributed by atoms with Gasteiger partial charge in [-0.3, -0.25) is 0 Å². The maximum atomic E-state index is 10.2. The van der Waals surface area contributed by atoms with Gasteiger partial charge in [-0.1, -0.05) is 25.6 Å². The monoisotopic (exact) mass is 185 g/mol. The van der Waals surface area contributed by atoms with Gasteiger partial charge in [-0.2, -0.15) is 0 Å². The Balaban J connectivity index is 2.75. The van der Waals surface area contributed by atoms with Crippen molar-refractivity contribution in [2.24, 2.45) is 5.41 Å². The van der Waals surface area contributed by atoms with Gasteiger partial charge in [0.2, 0.25) is 0 Å². The Morgan fingerprint density at radius 3 is 2.54 bits per heavy atom. The van der Waals surface area contributed by atoms with E-state index in [1.807, 2.05) is 20.8 Å². The highest BCUT2D eigenvalue weighted by molar-refractivity contribution is 4.92. The molecule has 0 aromatic carbocycles. The van der Waals surface area contributed by atoms with Crippen molar-refractivity contribution < 1.29 is 4.92 Å². The SMILES string of the molecule is CC(C)(C)Cn1nnc([N+](=O)[O-])n1. The minimum absolute atomic E-state index is 0.0193. The molecule has 0 spiro atoms. The molecular formula is C6H11N5O2. The molecule has 0 N–H and O–H groups in total. The van der Waals surface area contributed by atoms with Gasteiger partial charge in [-0.25, -0.2) is 0 Å². The molecule has 0 atom stereocenters. The highest BCUT2D eigenvalue weighted by atomic mass is 16.6. The first-order valence-corrected chi connectivity index (χ1v) is 3.81. The van der Waals surface area contributed by atoms with Crippen LogP contribution in [-0.4, -0.2) is 25.1 Å². The van der Waals surface area contributed by atoms with Crippen LogP contribution in [0.2, 0.25) is 0 Å². The highest BCUT2D eigenvalue weighted by Crippen LogP contribution is 2.14. The number of nitro groups is 1. The first-order chi connectivity index (χ1) is 5.88. The maximum absolute atomic E-state index is 10.2. The molecule has 0 aliphatic carbocycles. The molecule has 0 radical (unpaired) electrons. The normalized spacial score (nSPS) is 11.6. The molecule has 1 rings (SSSR count). The summed E-state index contributed by atoms with van der Waals surface area (Å²) in [6.07, 6.45) is 0. The quantitative estimate of drug-likeness (QED) is 0.498. The van der Waals surface area contributed by atoms with E-state index in [2.05, 4.69) is 15.4 Å². The Morgan fingerprint density at radius 1 is 1.54 bits per heavy atom. The number of hydrogen-bond acceptors (Lipinski definition) is 5. The molecule has 0 amide bonds. The molecule has 13 heavy (non-hydrogen) atoms. The van der Waals surface area contributed by atoms with Crippen molar-refractivity contribution >= 4 is 5.95 Å². The van der Waals surface area contributed by atoms with Gasteiger partial charge in [0.15, 0.2) is 0 Å². The van der Waals surface area contributed by atoms with Gasteiger partial charge in [-0.05, 0) is 10.3 Å². The number of hydrogen-bond donors (Lipinski definition) is 0. The van der Waals surface area contributed by atoms with Crippen LogP contribution in [0.25, 0.3) is 0 Å². The Hall–Kier alpha value is -1.53. The van der Waals surface area contributed by atoms with Gasteiger partial charge in [-0.15, -0.1) is 0 Å². The average Bonchev–Trinajstić information content (AvgIpc) is 2.31. The molecule has 0 aliphatic heterocycles. The number of aromatic nitrogens is 4. The fourth-order valence-electron chi connectivity index (χ4n) is 0.799. The van der Waals surface area contributed by atoms with Gasteiger partial charge in [0.1, 0.15) is 0 Å². The van der Waals surface area contributed by atoms with E-state index in [1.165, 1.54) is 4.80 Å². The van der Waals surface area contributed by atoms with E-state index in [4.69, 9.17) is 0 Å². The molecular weight excluding hydrogens is 174 g/mol. The van der Waals surface area contributed by atoms with Crippen LogP contribution < -0.4 is 0 Å². The molecule has 7 nitrogen and oxygen atoms in total. The first kappa shape index (κ1) is 9.56. The fraction of sp³-hybridized carbons (Fsp3) is 0.833. The largest absolute Gasteiger partial charge is 0.514 e. The van der Waals surface area contributed by atoms with Crippen molar-refractivity contribution in [3.8, 4) is 0 Å². The van der Waals surface area contributed by atoms with Crippen LogP contribution >= 0.6 is 0 Å². The lowest BCUT2D eigenvalue weighted by atomic mass is 9.97. The topological polar surface area (TPSA) is 86.7 Å². The van der Waals surface area contributed by atoms with Crippen molar-refractivity contribution in [2.75, 3.05) is 0 Å². The summed E-state index contributed by atoms with van der Waals surface area (Å²) in [4.78, 5) is 10.8. The van der Waals surface area contributed by atoms with Gasteiger partial charge in [0.05, 0.1) is 16.7 Å². The fourth-order valence-corrected chi connectivity index (χ4v) is 0.799. The Bertz CT molecular complexity index is 313. The summed E-state index contributed by atoms with van der Waals surface area (Å²) in [6.45, 7) is 6.47. The second kappa shape index (κ2) is 3.08. The van der Waals surface area contributed by atoms with Crippen molar-refractivity contribution in [3.05, 3.63) is 10.1 Å². The zero-order valence-corrected chi connectivity index (χ0v) is 7.76. The molecule has 72 valence electrons. The predicted molar refractivity (Wildman–Crippen MR) is 43.9 cm³/mol. The van der Waals surface area contributed by atoms with Gasteiger partial charge in [0.25, 0.3) is 0 Å². The maximum Gasteiger partial charge on any atom is 0.514 e. The lowest BCUT2D eigenvalue weighted by Crippen LogP contribution is -2.17. The zero-order chi connectivity index (χ0) is 10.1. The summed E-state index contributed by atoms with van der Waals surface area (Å²) in [6, 6.07) is 0. The second-order valence-corrected chi connectivity index (χ2v) is 3.94. The third kappa shape index (κ3) is 2.77. The van der Waals surface area contributed by atoms with Gasteiger partial charge >= 0.3 is 5.95 Å². The molecule has 1 aromatic heterocycles. The Labute approximate surface area is 74.9 Å². The van der Waals surface area contributed by atoms with Crippen LogP contribution in [0.4, 0.5) is 5.95 Å². The summed E-state index contributed by atoms with van der Waals surface area (Å²) in [5.74, 6) is -0.454. The molecule has 1 aromatic rings. The number of nitrogens with zero attached hydrogens (tertiary/aromatic N) is 5. The predicted octanol–water partition coefficient (Wildman–Crippen LogP) is 0.627.